The lowest BCUT2D eigenvalue weighted by Gasteiger charge is -2.24. The van der Waals surface area contributed by atoms with Crippen molar-refractivity contribution in [1.29, 1.82) is 0 Å². The van der Waals surface area contributed by atoms with Crippen molar-refractivity contribution in [2.24, 2.45) is 5.92 Å². The number of thiophene rings is 1. The summed E-state index contributed by atoms with van der Waals surface area (Å²) in [6, 6.07) is 9.67. The molecule has 0 fully saturated rings. The molecular formula is C19H22N4OS. The lowest BCUT2D eigenvalue weighted by atomic mass is 10.1. The summed E-state index contributed by atoms with van der Waals surface area (Å²) in [6.45, 7) is 7.77. The van der Waals surface area contributed by atoms with Crippen molar-refractivity contribution in [3.05, 3.63) is 64.4 Å². The Hall–Kier alpha value is -2.47. The topological polar surface area (TPSA) is 51.0 Å². The zero-order valence-electron chi connectivity index (χ0n) is 14.7. The SMILES string of the molecule is Cc1ccsc1CN(CC(C)C)C(=O)c1ccc(-n2cnnc2)cc1. The highest BCUT2D eigenvalue weighted by molar-refractivity contribution is 7.10. The van der Waals surface area contributed by atoms with E-state index >= 15 is 0 Å². The van der Waals surface area contributed by atoms with E-state index in [-0.39, 0.29) is 5.91 Å². The second kappa shape index (κ2) is 7.61. The Kier molecular flexibility index (Phi) is 5.28. The van der Waals surface area contributed by atoms with Crippen molar-refractivity contribution < 1.29 is 4.79 Å². The third-order valence-corrected chi connectivity index (χ3v) is 5.01. The second-order valence-electron chi connectivity index (χ2n) is 6.52. The van der Waals surface area contributed by atoms with Gasteiger partial charge >= 0.3 is 0 Å². The van der Waals surface area contributed by atoms with Gasteiger partial charge in [-0.3, -0.25) is 9.36 Å². The van der Waals surface area contributed by atoms with Gasteiger partial charge in [0.25, 0.3) is 5.91 Å². The predicted octanol–water partition coefficient (Wildman–Crippen LogP) is 3.94. The van der Waals surface area contributed by atoms with Crippen LogP contribution in [0.4, 0.5) is 0 Å². The minimum Gasteiger partial charge on any atom is -0.333 e. The Bertz CT molecular complexity index is 821. The highest BCUT2D eigenvalue weighted by Crippen LogP contribution is 2.20. The quantitative estimate of drug-likeness (QED) is 0.674. The van der Waals surface area contributed by atoms with Crippen LogP contribution < -0.4 is 0 Å². The van der Waals surface area contributed by atoms with Gasteiger partial charge in [0.05, 0.1) is 6.54 Å². The molecule has 0 N–H and O–H groups in total. The third kappa shape index (κ3) is 4.14. The van der Waals surface area contributed by atoms with Crippen LogP contribution in [-0.2, 0) is 6.54 Å². The first-order chi connectivity index (χ1) is 12.0. The number of benzene rings is 1. The van der Waals surface area contributed by atoms with E-state index in [1.54, 1.807) is 24.0 Å². The number of amides is 1. The molecule has 0 aliphatic heterocycles. The van der Waals surface area contributed by atoms with Gasteiger partial charge in [-0.05, 0) is 54.1 Å². The molecule has 2 heterocycles. The van der Waals surface area contributed by atoms with Crippen molar-refractivity contribution in [3.8, 4) is 5.69 Å². The van der Waals surface area contributed by atoms with Gasteiger partial charge in [0, 0.05) is 22.7 Å². The second-order valence-corrected chi connectivity index (χ2v) is 7.52. The van der Waals surface area contributed by atoms with Gasteiger partial charge in [-0.1, -0.05) is 13.8 Å². The average molecular weight is 354 g/mol. The molecule has 130 valence electrons. The van der Waals surface area contributed by atoms with E-state index in [0.29, 0.717) is 18.0 Å². The summed E-state index contributed by atoms with van der Waals surface area (Å²) in [7, 11) is 0. The standard InChI is InChI=1S/C19H22N4OS/c1-14(2)10-22(11-18-15(3)8-9-25-18)19(24)16-4-6-17(7-5-16)23-12-20-21-13-23/h4-9,12-14H,10-11H2,1-3H3. The van der Waals surface area contributed by atoms with Crippen LogP contribution >= 0.6 is 11.3 Å². The molecule has 0 unspecified atom stereocenters. The Morgan fingerprint density at radius 1 is 1.16 bits per heavy atom. The van der Waals surface area contributed by atoms with E-state index in [1.807, 2.05) is 33.7 Å². The van der Waals surface area contributed by atoms with Gasteiger partial charge in [0.15, 0.2) is 0 Å². The monoisotopic (exact) mass is 354 g/mol. The number of nitrogens with zero attached hydrogens (tertiary/aromatic N) is 4. The Balaban J connectivity index is 1.80. The molecule has 1 amide bonds. The van der Waals surface area contributed by atoms with Crippen LogP contribution in [0.2, 0.25) is 0 Å². The highest BCUT2D eigenvalue weighted by Gasteiger charge is 2.18. The molecule has 5 nitrogen and oxygen atoms in total. The molecule has 0 saturated heterocycles. The molecule has 1 aromatic carbocycles. The van der Waals surface area contributed by atoms with Crippen LogP contribution in [0.3, 0.4) is 0 Å². The summed E-state index contributed by atoms with van der Waals surface area (Å²) in [5.41, 5.74) is 2.88. The van der Waals surface area contributed by atoms with Crippen LogP contribution in [0, 0.1) is 12.8 Å². The summed E-state index contributed by atoms with van der Waals surface area (Å²) in [5, 5.41) is 9.69. The first kappa shape index (κ1) is 17.4. The average Bonchev–Trinajstić information content (AvgIpc) is 3.26. The van der Waals surface area contributed by atoms with Gasteiger partial charge < -0.3 is 4.90 Å². The number of hydrogen-bond donors (Lipinski definition) is 0. The fourth-order valence-electron chi connectivity index (χ4n) is 2.69. The molecule has 6 heteroatoms. The smallest absolute Gasteiger partial charge is 0.254 e. The molecule has 3 aromatic rings. The summed E-state index contributed by atoms with van der Waals surface area (Å²) >= 11 is 1.71. The Labute approximate surface area is 151 Å². The van der Waals surface area contributed by atoms with Gasteiger partial charge in [0.2, 0.25) is 0 Å². The molecule has 25 heavy (non-hydrogen) atoms. The molecule has 0 radical (unpaired) electrons. The highest BCUT2D eigenvalue weighted by atomic mass is 32.1. The minimum absolute atomic E-state index is 0.0665. The zero-order chi connectivity index (χ0) is 17.8. The number of aryl methyl sites for hydroxylation is 1. The lowest BCUT2D eigenvalue weighted by Crippen LogP contribution is -2.33. The van der Waals surface area contributed by atoms with Crippen LogP contribution in [0.1, 0.15) is 34.6 Å². The fourth-order valence-corrected chi connectivity index (χ4v) is 3.61. The van der Waals surface area contributed by atoms with E-state index in [1.165, 1.54) is 10.4 Å². The molecular weight excluding hydrogens is 332 g/mol. The number of hydrogen-bond acceptors (Lipinski definition) is 4. The van der Waals surface area contributed by atoms with E-state index < -0.39 is 0 Å². The maximum Gasteiger partial charge on any atom is 0.254 e. The van der Waals surface area contributed by atoms with Gasteiger partial charge in [-0.25, -0.2) is 0 Å². The van der Waals surface area contributed by atoms with Crippen molar-refractivity contribution in [1.82, 2.24) is 19.7 Å². The van der Waals surface area contributed by atoms with Gasteiger partial charge in [-0.2, -0.15) is 0 Å². The van der Waals surface area contributed by atoms with Crippen molar-refractivity contribution in [3.63, 3.8) is 0 Å². The molecule has 0 spiro atoms. The first-order valence-corrected chi connectivity index (χ1v) is 9.20. The number of aromatic nitrogens is 3. The number of carbonyl (C=O) groups is 1. The third-order valence-electron chi connectivity index (χ3n) is 4.01. The Morgan fingerprint density at radius 2 is 1.84 bits per heavy atom. The van der Waals surface area contributed by atoms with Gasteiger partial charge in [0.1, 0.15) is 12.7 Å². The van der Waals surface area contributed by atoms with E-state index in [0.717, 1.165) is 12.2 Å². The lowest BCUT2D eigenvalue weighted by molar-refractivity contribution is 0.0724. The summed E-state index contributed by atoms with van der Waals surface area (Å²) in [5.74, 6) is 0.484. The molecule has 0 saturated carbocycles. The van der Waals surface area contributed by atoms with Crippen molar-refractivity contribution in [2.75, 3.05) is 6.54 Å². The largest absolute Gasteiger partial charge is 0.333 e. The van der Waals surface area contributed by atoms with Gasteiger partial charge in [-0.15, -0.1) is 21.5 Å². The van der Waals surface area contributed by atoms with Crippen LogP contribution in [-0.4, -0.2) is 32.1 Å². The number of carbonyl (C=O) groups excluding carboxylic acids is 1. The maximum atomic E-state index is 13.0. The molecule has 0 aliphatic rings. The maximum absolute atomic E-state index is 13.0. The molecule has 2 aromatic heterocycles. The summed E-state index contributed by atoms with van der Waals surface area (Å²) in [4.78, 5) is 16.2. The van der Waals surface area contributed by atoms with E-state index in [2.05, 4.69) is 42.4 Å². The van der Waals surface area contributed by atoms with E-state index in [4.69, 9.17) is 0 Å². The Morgan fingerprint density at radius 3 is 2.40 bits per heavy atom. The summed E-state index contributed by atoms with van der Waals surface area (Å²) < 4.78 is 1.81. The minimum atomic E-state index is 0.0665. The number of rotatable bonds is 6. The van der Waals surface area contributed by atoms with Crippen LogP contribution in [0.15, 0.2) is 48.4 Å². The zero-order valence-corrected chi connectivity index (χ0v) is 15.5. The van der Waals surface area contributed by atoms with E-state index in [9.17, 15) is 4.79 Å². The predicted molar refractivity (Wildman–Crippen MR) is 100.0 cm³/mol. The molecule has 0 aliphatic carbocycles. The fraction of sp³-hybridized carbons (Fsp3) is 0.316. The molecule has 0 atom stereocenters. The van der Waals surface area contributed by atoms with Crippen molar-refractivity contribution >= 4 is 17.2 Å². The van der Waals surface area contributed by atoms with Crippen LogP contribution in [0.25, 0.3) is 5.69 Å². The van der Waals surface area contributed by atoms with Crippen molar-refractivity contribution in [2.45, 2.75) is 27.3 Å². The molecule has 3 rings (SSSR count). The normalized spacial score (nSPS) is 11.0. The first-order valence-electron chi connectivity index (χ1n) is 8.32. The summed E-state index contributed by atoms with van der Waals surface area (Å²) in [6.07, 6.45) is 3.28. The molecule has 0 bridgehead atoms. The van der Waals surface area contributed by atoms with Crippen LogP contribution in [0.5, 0.6) is 0 Å².